The molecule has 1 amide bonds. The Kier molecular flexibility index (Phi) is 7.46. The molecule has 0 aromatic heterocycles. The molecule has 5 nitrogen and oxygen atoms in total. The number of hydrogen-bond donors (Lipinski definition) is 1. The fourth-order valence-electron chi connectivity index (χ4n) is 1.97. The molecular weight excluding hydrogens is 270 g/mol. The van der Waals surface area contributed by atoms with Gasteiger partial charge in [0.2, 0.25) is 5.91 Å². The summed E-state index contributed by atoms with van der Waals surface area (Å²) in [7, 11) is 1.60. The minimum atomic E-state index is -0.990. The minimum absolute atomic E-state index is 0.00486. The second kappa shape index (κ2) is 9.13. The van der Waals surface area contributed by atoms with E-state index < -0.39 is 5.97 Å². The Morgan fingerprint density at radius 3 is 2.52 bits per heavy atom. The van der Waals surface area contributed by atoms with Gasteiger partial charge in [0.05, 0.1) is 6.10 Å². The number of aliphatic carboxylic acids is 1. The molecule has 0 radical (unpaired) electrons. The van der Waals surface area contributed by atoms with Gasteiger partial charge in [0.1, 0.15) is 6.54 Å². The topological polar surface area (TPSA) is 66.8 Å². The summed E-state index contributed by atoms with van der Waals surface area (Å²) >= 11 is 0. The van der Waals surface area contributed by atoms with Crippen molar-refractivity contribution in [2.75, 3.05) is 20.2 Å². The van der Waals surface area contributed by atoms with Gasteiger partial charge >= 0.3 is 5.97 Å². The molecule has 1 unspecified atom stereocenters. The third-order valence-electron chi connectivity index (χ3n) is 3.36. The molecule has 1 atom stereocenters. The molecule has 0 aliphatic rings. The number of carbonyl (C=O) groups excluding carboxylic acids is 1. The monoisotopic (exact) mass is 293 g/mol. The zero-order chi connectivity index (χ0) is 15.7. The first kappa shape index (κ1) is 17.2. The van der Waals surface area contributed by atoms with E-state index in [1.54, 1.807) is 7.11 Å². The van der Waals surface area contributed by atoms with Crippen LogP contribution in [0.15, 0.2) is 30.3 Å². The zero-order valence-corrected chi connectivity index (χ0v) is 12.6. The fraction of sp³-hybridized carbons (Fsp3) is 0.500. The Hall–Kier alpha value is -1.88. The highest BCUT2D eigenvalue weighted by Crippen LogP contribution is 2.06. The molecule has 0 aliphatic heterocycles. The van der Waals surface area contributed by atoms with Gasteiger partial charge in [-0.1, -0.05) is 30.3 Å². The van der Waals surface area contributed by atoms with Crippen LogP contribution in [0, 0.1) is 0 Å². The van der Waals surface area contributed by atoms with Crippen LogP contribution in [0.5, 0.6) is 0 Å². The van der Waals surface area contributed by atoms with Gasteiger partial charge < -0.3 is 14.7 Å². The largest absolute Gasteiger partial charge is 0.480 e. The lowest BCUT2D eigenvalue weighted by Gasteiger charge is -2.21. The summed E-state index contributed by atoms with van der Waals surface area (Å²) in [4.78, 5) is 24.4. The van der Waals surface area contributed by atoms with Crippen LogP contribution in [-0.2, 0) is 20.7 Å². The number of carboxylic acids is 1. The highest BCUT2D eigenvalue weighted by atomic mass is 16.5. The Balaban J connectivity index is 2.54. The number of hydrogen-bond acceptors (Lipinski definition) is 3. The van der Waals surface area contributed by atoms with Crippen molar-refractivity contribution in [1.82, 2.24) is 4.90 Å². The first-order valence-corrected chi connectivity index (χ1v) is 7.09. The summed E-state index contributed by atoms with van der Waals surface area (Å²) in [5, 5.41) is 8.93. The summed E-state index contributed by atoms with van der Waals surface area (Å²) in [6.45, 7) is 2.04. The number of carbonyl (C=O) groups is 2. The number of ether oxygens (including phenoxy) is 1. The molecule has 0 bridgehead atoms. The lowest BCUT2D eigenvalue weighted by atomic mass is 10.1. The van der Waals surface area contributed by atoms with Gasteiger partial charge in [-0.15, -0.1) is 0 Å². The molecule has 0 saturated heterocycles. The number of methoxy groups -OCH3 is 1. The van der Waals surface area contributed by atoms with Crippen LogP contribution in [-0.4, -0.2) is 48.2 Å². The smallest absolute Gasteiger partial charge is 0.323 e. The highest BCUT2D eigenvalue weighted by Gasteiger charge is 2.17. The maximum atomic E-state index is 12.1. The summed E-state index contributed by atoms with van der Waals surface area (Å²) in [6, 6.07) is 9.72. The van der Waals surface area contributed by atoms with Crippen molar-refractivity contribution in [3.05, 3.63) is 35.9 Å². The van der Waals surface area contributed by atoms with Crippen molar-refractivity contribution in [2.45, 2.75) is 32.3 Å². The quantitative estimate of drug-likeness (QED) is 0.756. The standard InChI is InChI=1S/C16H23NO4/c1-13(21-2)8-9-15(18)17(12-16(19)20)11-10-14-6-4-3-5-7-14/h3-7,13H,8-12H2,1-2H3,(H,19,20). The van der Waals surface area contributed by atoms with Crippen LogP contribution in [0.1, 0.15) is 25.3 Å². The average Bonchev–Trinajstić information content (AvgIpc) is 2.49. The second-order valence-electron chi connectivity index (χ2n) is 5.03. The van der Waals surface area contributed by atoms with Crippen molar-refractivity contribution in [3.8, 4) is 0 Å². The number of carboxylic acid groups (broad SMARTS) is 1. The fourth-order valence-corrected chi connectivity index (χ4v) is 1.97. The van der Waals surface area contributed by atoms with E-state index >= 15 is 0 Å². The molecule has 0 aliphatic carbocycles. The summed E-state index contributed by atoms with van der Waals surface area (Å²) in [5.41, 5.74) is 1.09. The second-order valence-corrected chi connectivity index (χ2v) is 5.03. The number of benzene rings is 1. The maximum Gasteiger partial charge on any atom is 0.323 e. The van der Waals surface area contributed by atoms with E-state index in [0.717, 1.165) is 5.56 Å². The van der Waals surface area contributed by atoms with Crippen LogP contribution >= 0.6 is 0 Å². The predicted molar refractivity (Wildman–Crippen MR) is 80.1 cm³/mol. The molecule has 1 rings (SSSR count). The van der Waals surface area contributed by atoms with Crippen molar-refractivity contribution < 1.29 is 19.4 Å². The third-order valence-corrected chi connectivity index (χ3v) is 3.36. The number of amides is 1. The highest BCUT2D eigenvalue weighted by molar-refractivity contribution is 5.81. The predicted octanol–water partition coefficient (Wildman–Crippen LogP) is 1.96. The van der Waals surface area contributed by atoms with Crippen LogP contribution in [0.25, 0.3) is 0 Å². The summed E-state index contributed by atoms with van der Waals surface area (Å²) in [5.74, 6) is -1.13. The number of nitrogens with zero attached hydrogens (tertiary/aromatic N) is 1. The first-order valence-electron chi connectivity index (χ1n) is 7.09. The van der Waals surface area contributed by atoms with E-state index in [9.17, 15) is 9.59 Å². The van der Waals surface area contributed by atoms with E-state index in [0.29, 0.717) is 25.8 Å². The van der Waals surface area contributed by atoms with E-state index in [1.807, 2.05) is 37.3 Å². The molecule has 1 aromatic rings. The normalized spacial score (nSPS) is 11.9. The van der Waals surface area contributed by atoms with Crippen molar-refractivity contribution in [2.24, 2.45) is 0 Å². The van der Waals surface area contributed by atoms with Gasteiger partial charge in [-0.25, -0.2) is 0 Å². The van der Waals surface area contributed by atoms with Crippen LogP contribution in [0.3, 0.4) is 0 Å². The number of rotatable bonds is 9. The van der Waals surface area contributed by atoms with Gasteiger partial charge in [-0.05, 0) is 25.3 Å². The van der Waals surface area contributed by atoms with Crippen LogP contribution in [0.2, 0.25) is 0 Å². The minimum Gasteiger partial charge on any atom is -0.480 e. The van der Waals surface area contributed by atoms with E-state index in [-0.39, 0.29) is 18.6 Å². The molecule has 5 heteroatoms. The maximum absolute atomic E-state index is 12.1. The van der Waals surface area contributed by atoms with Crippen molar-refractivity contribution in [1.29, 1.82) is 0 Å². The molecule has 0 spiro atoms. The Morgan fingerprint density at radius 1 is 1.29 bits per heavy atom. The van der Waals surface area contributed by atoms with Gasteiger partial charge in [0, 0.05) is 20.1 Å². The first-order chi connectivity index (χ1) is 10.0. The third kappa shape index (κ3) is 6.90. The van der Waals surface area contributed by atoms with Gasteiger partial charge in [0.15, 0.2) is 0 Å². The van der Waals surface area contributed by atoms with Crippen molar-refractivity contribution >= 4 is 11.9 Å². The van der Waals surface area contributed by atoms with Gasteiger partial charge in [0.25, 0.3) is 0 Å². The molecule has 0 heterocycles. The van der Waals surface area contributed by atoms with Gasteiger partial charge in [-0.2, -0.15) is 0 Å². The Bertz CT molecular complexity index is 447. The van der Waals surface area contributed by atoms with Crippen LogP contribution in [0.4, 0.5) is 0 Å². The molecular formula is C16H23NO4. The Morgan fingerprint density at radius 2 is 1.95 bits per heavy atom. The molecule has 21 heavy (non-hydrogen) atoms. The summed E-state index contributed by atoms with van der Waals surface area (Å²) in [6.07, 6.45) is 1.54. The van der Waals surface area contributed by atoms with Crippen LogP contribution < -0.4 is 0 Å². The molecule has 1 N–H and O–H groups in total. The molecule has 116 valence electrons. The lowest BCUT2D eigenvalue weighted by molar-refractivity contribution is -0.144. The Labute approximate surface area is 125 Å². The molecule has 0 fully saturated rings. The summed E-state index contributed by atoms with van der Waals surface area (Å²) < 4.78 is 5.10. The average molecular weight is 293 g/mol. The SMILES string of the molecule is COC(C)CCC(=O)N(CCc1ccccc1)CC(=O)O. The van der Waals surface area contributed by atoms with E-state index in [4.69, 9.17) is 9.84 Å². The lowest BCUT2D eigenvalue weighted by Crippen LogP contribution is -2.37. The van der Waals surface area contributed by atoms with E-state index in [2.05, 4.69) is 0 Å². The molecule has 1 aromatic carbocycles. The van der Waals surface area contributed by atoms with E-state index in [1.165, 1.54) is 4.90 Å². The van der Waals surface area contributed by atoms with Gasteiger partial charge in [-0.3, -0.25) is 9.59 Å². The zero-order valence-electron chi connectivity index (χ0n) is 12.6. The van der Waals surface area contributed by atoms with Crippen molar-refractivity contribution in [3.63, 3.8) is 0 Å². The molecule has 0 saturated carbocycles.